The Balaban J connectivity index is 1.84. The molecule has 1 amide bonds. The second kappa shape index (κ2) is 6.32. The first-order chi connectivity index (χ1) is 10.7. The van der Waals surface area contributed by atoms with Crippen molar-refractivity contribution in [3.63, 3.8) is 0 Å². The van der Waals surface area contributed by atoms with Gasteiger partial charge in [-0.3, -0.25) is 9.59 Å². The van der Waals surface area contributed by atoms with E-state index in [1.807, 2.05) is 17.5 Å². The number of ether oxygens (including phenoxy) is 1. The number of hydrogen-bond donors (Lipinski definition) is 0. The number of carbonyl (C=O) groups excluding carboxylic acids is 2. The summed E-state index contributed by atoms with van der Waals surface area (Å²) < 4.78 is 5.35. The molecule has 0 saturated heterocycles. The summed E-state index contributed by atoms with van der Waals surface area (Å²) in [4.78, 5) is 27.6. The SMILES string of the molecule is COc1cccc2c1N(C(=O)CCc1cccs1)CCC2=O. The Morgan fingerprint density at radius 3 is 2.91 bits per heavy atom. The Morgan fingerprint density at radius 1 is 1.32 bits per heavy atom. The van der Waals surface area contributed by atoms with Crippen molar-refractivity contribution in [2.75, 3.05) is 18.6 Å². The lowest BCUT2D eigenvalue weighted by atomic mass is 9.99. The number of rotatable bonds is 4. The molecule has 0 N–H and O–H groups in total. The fourth-order valence-corrected chi connectivity index (χ4v) is 3.43. The quantitative estimate of drug-likeness (QED) is 0.869. The Morgan fingerprint density at radius 2 is 2.18 bits per heavy atom. The molecule has 5 heteroatoms. The number of fused-ring (bicyclic) bond motifs is 1. The number of carbonyl (C=O) groups is 2. The van der Waals surface area contributed by atoms with Crippen molar-refractivity contribution >= 4 is 28.7 Å². The highest BCUT2D eigenvalue weighted by Gasteiger charge is 2.29. The van der Waals surface area contributed by atoms with E-state index < -0.39 is 0 Å². The van der Waals surface area contributed by atoms with Crippen LogP contribution in [0.15, 0.2) is 35.7 Å². The van der Waals surface area contributed by atoms with Gasteiger partial charge < -0.3 is 9.64 Å². The molecule has 1 aromatic heterocycles. The van der Waals surface area contributed by atoms with Gasteiger partial charge in [0.1, 0.15) is 5.75 Å². The topological polar surface area (TPSA) is 46.6 Å². The van der Waals surface area contributed by atoms with Crippen molar-refractivity contribution in [3.8, 4) is 5.75 Å². The van der Waals surface area contributed by atoms with Crippen LogP contribution >= 0.6 is 11.3 Å². The van der Waals surface area contributed by atoms with Crippen LogP contribution in [0.4, 0.5) is 5.69 Å². The smallest absolute Gasteiger partial charge is 0.227 e. The van der Waals surface area contributed by atoms with Crippen molar-refractivity contribution in [3.05, 3.63) is 46.2 Å². The van der Waals surface area contributed by atoms with Crippen LogP contribution in [0.1, 0.15) is 28.1 Å². The molecule has 0 fully saturated rings. The van der Waals surface area contributed by atoms with E-state index in [1.165, 1.54) is 4.88 Å². The number of thiophene rings is 1. The van der Waals surface area contributed by atoms with Crippen LogP contribution < -0.4 is 9.64 Å². The number of amides is 1. The lowest BCUT2D eigenvalue weighted by Crippen LogP contribution is -2.37. The molecular formula is C17H17NO3S. The summed E-state index contributed by atoms with van der Waals surface area (Å²) in [6, 6.07) is 9.36. The first-order valence-corrected chi connectivity index (χ1v) is 8.11. The maximum absolute atomic E-state index is 12.6. The van der Waals surface area contributed by atoms with Crippen molar-refractivity contribution in [2.24, 2.45) is 0 Å². The summed E-state index contributed by atoms with van der Waals surface area (Å²) >= 11 is 1.66. The van der Waals surface area contributed by atoms with Gasteiger partial charge >= 0.3 is 0 Å². The third kappa shape index (κ3) is 2.76. The van der Waals surface area contributed by atoms with E-state index in [1.54, 1.807) is 41.5 Å². The van der Waals surface area contributed by atoms with Gasteiger partial charge in [0.15, 0.2) is 5.78 Å². The highest BCUT2D eigenvalue weighted by Crippen LogP contribution is 2.36. The number of anilines is 1. The zero-order chi connectivity index (χ0) is 15.5. The molecule has 2 heterocycles. The van der Waals surface area contributed by atoms with E-state index in [2.05, 4.69) is 0 Å². The van der Waals surface area contributed by atoms with Crippen LogP contribution in [-0.2, 0) is 11.2 Å². The van der Waals surface area contributed by atoms with E-state index >= 15 is 0 Å². The van der Waals surface area contributed by atoms with E-state index in [0.717, 1.165) is 6.42 Å². The molecule has 1 aliphatic heterocycles. The van der Waals surface area contributed by atoms with Crippen LogP contribution in [0, 0.1) is 0 Å². The maximum Gasteiger partial charge on any atom is 0.227 e. The van der Waals surface area contributed by atoms with Crippen molar-refractivity contribution in [1.82, 2.24) is 0 Å². The van der Waals surface area contributed by atoms with Gasteiger partial charge in [-0.2, -0.15) is 0 Å². The summed E-state index contributed by atoms with van der Waals surface area (Å²) in [6.07, 6.45) is 1.53. The minimum absolute atomic E-state index is 0.0339. The van der Waals surface area contributed by atoms with Gasteiger partial charge in [-0.25, -0.2) is 0 Å². The minimum Gasteiger partial charge on any atom is -0.495 e. The van der Waals surface area contributed by atoms with Crippen LogP contribution in [0.3, 0.4) is 0 Å². The first kappa shape index (κ1) is 14.8. The number of ketones is 1. The Hall–Kier alpha value is -2.14. The van der Waals surface area contributed by atoms with E-state index in [4.69, 9.17) is 4.74 Å². The van der Waals surface area contributed by atoms with Gasteiger partial charge in [-0.1, -0.05) is 12.1 Å². The summed E-state index contributed by atoms with van der Waals surface area (Å²) in [6.45, 7) is 0.426. The molecule has 1 aromatic carbocycles. The largest absolute Gasteiger partial charge is 0.495 e. The average molecular weight is 315 g/mol. The molecule has 2 aromatic rings. The Bertz CT molecular complexity index is 694. The number of hydrogen-bond acceptors (Lipinski definition) is 4. The standard InChI is InChI=1S/C17H17NO3S/c1-21-15-6-2-5-13-14(19)9-10-18(17(13)15)16(20)8-7-12-4-3-11-22-12/h2-6,11H,7-10H2,1H3. The molecule has 0 unspecified atom stereocenters. The Labute approximate surface area is 133 Å². The fourth-order valence-electron chi connectivity index (χ4n) is 2.72. The summed E-state index contributed by atoms with van der Waals surface area (Å²) in [7, 11) is 1.56. The van der Waals surface area contributed by atoms with Gasteiger partial charge in [-0.05, 0) is 30.0 Å². The van der Waals surface area contributed by atoms with E-state index in [9.17, 15) is 9.59 Å². The van der Waals surface area contributed by atoms with Gasteiger partial charge in [-0.15, -0.1) is 11.3 Å². The molecule has 0 atom stereocenters. The molecule has 114 valence electrons. The highest BCUT2D eigenvalue weighted by atomic mass is 32.1. The fraction of sp³-hybridized carbons (Fsp3) is 0.294. The first-order valence-electron chi connectivity index (χ1n) is 7.23. The monoisotopic (exact) mass is 315 g/mol. The third-order valence-electron chi connectivity index (χ3n) is 3.82. The van der Waals surface area contributed by atoms with E-state index in [0.29, 0.717) is 36.4 Å². The number of Topliss-reactive ketones (excluding diaryl/α,β-unsaturated/α-hetero) is 1. The summed E-state index contributed by atoms with van der Waals surface area (Å²) in [5, 5.41) is 2.01. The predicted molar refractivity (Wildman–Crippen MR) is 86.9 cm³/mol. The van der Waals surface area contributed by atoms with E-state index in [-0.39, 0.29) is 11.7 Å². The van der Waals surface area contributed by atoms with Crippen LogP contribution in [0.5, 0.6) is 5.75 Å². The molecule has 0 saturated carbocycles. The molecule has 0 spiro atoms. The molecular weight excluding hydrogens is 298 g/mol. The number of benzene rings is 1. The molecule has 4 nitrogen and oxygen atoms in total. The van der Waals surface area contributed by atoms with Gasteiger partial charge in [0, 0.05) is 29.8 Å². The lowest BCUT2D eigenvalue weighted by molar-refractivity contribution is -0.118. The van der Waals surface area contributed by atoms with Crippen molar-refractivity contribution < 1.29 is 14.3 Å². The highest BCUT2D eigenvalue weighted by molar-refractivity contribution is 7.09. The number of para-hydroxylation sites is 1. The van der Waals surface area contributed by atoms with Crippen molar-refractivity contribution in [1.29, 1.82) is 0 Å². The van der Waals surface area contributed by atoms with Gasteiger partial charge in [0.2, 0.25) is 5.91 Å². The second-order valence-electron chi connectivity index (χ2n) is 5.15. The van der Waals surface area contributed by atoms with Crippen LogP contribution in [0.2, 0.25) is 0 Å². The van der Waals surface area contributed by atoms with Gasteiger partial charge in [0.25, 0.3) is 0 Å². The number of nitrogens with zero attached hydrogens (tertiary/aromatic N) is 1. The Kier molecular flexibility index (Phi) is 4.24. The zero-order valence-electron chi connectivity index (χ0n) is 12.4. The molecule has 3 rings (SSSR count). The zero-order valence-corrected chi connectivity index (χ0v) is 13.2. The molecule has 1 aliphatic rings. The minimum atomic E-state index is 0.0339. The third-order valence-corrected chi connectivity index (χ3v) is 4.75. The number of aryl methyl sites for hydroxylation is 1. The molecule has 0 radical (unpaired) electrons. The van der Waals surface area contributed by atoms with Crippen LogP contribution in [-0.4, -0.2) is 25.3 Å². The average Bonchev–Trinajstić information content (AvgIpc) is 3.06. The lowest BCUT2D eigenvalue weighted by Gasteiger charge is -2.30. The van der Waals surface area contributed by atoms with Gasteiger partial charge in [0.05, 0.1) is 12.8 Å². The number of methoxy groups -OCH3 is 1. The summed E-state index contributed by atoms with van der Waals surface area (Å²) in [5.41, 5.74) is 1.20. The normalized spacial score (nSPS) is 13.9. The van der Waals surface area contributed by atoms with Crippen LogP contribution in [0.25, 0.3) is 0 Å². The second-order valence-corrected chi connectivity index (χ2v) is 6.19. The maximum atomic E-state index is 12.6. The molecule has 0 aliphatic carbocycles. The van der Waals surface area contributed by atoms with Crippen molar-refractivity contribution in [2.45, 2.75) is 19.3 Å². The molecule has 0 bridgehead atoms. The summed E-state index contributed by atoms with van der Waals surface area (Å²) in [5.74, 6) is 0.679. The molecule has 22 heavy (non-hydrogen) atoms. The predicted octanol–water partition coefficient (Wildman–Crippen LogP) is 3.31.